The Morgan fingerprint density at radius 1 is 0.571 bits per heavy atom. The maximum atomic E-state index is 12.4. The SMILES string of the molecule is CN(C)c1nc(NCCCCCCCC(=O)NCCCCC(NC(=O)NC(CCC(=O)O)C(=O)O)C(=O)O)nc(Nc2ccc(CC3CN(CC(=O)O)CCN(CC(=O)O)CCN(CC(=O)O)CCN3CC(=O)O)cc2)n1. The van der Waals surface area contributed by atoms with Gasteiger partial charge < -0.3 is 67.2 Å². The molecule has 0 saturated carbocycles. The van der Waals surface area contributed by atoms with Gasteiger partial charge in [-0.2, -0.15) is 15.0 Å². The van der Waals surface area contributed by atoms with Gasteiger partial charge >= 0.3 is 47.8 Å². The third-order valence-electron chi connectivity index (χ3n) is 12.2. The minimum absolute atomic E-state index is 0.0182. The summed E-state index contributed by atoms with van der Waals surface area (Å²) >= 11 is 0. The van der Waals surface area contributed by atoms with Gasteiger partial charge in [0.15, 0.2) is 0 Å². The quantitative estimate of drug-likeness (QED) is 0.0418. The number of carbonyl (C=O) groups is 9. The number of benzene rings is 1. The van der Waals surface area contributed by atoms with Crippen molar-refractivity contribution in [2.24, 2.45) is 0 Å². The highest BCUT2D eigenvalue weighted by molar-refractivity contribution is 5.86. The first-order valence-electron chi connectivity index (χ1n) is 25.4. The van der Waals surface area contributed by atoms with Crippen LogP contribution in [0.15, 0.2) is 24.3 Å². The molecule has 1 fully saturated rings. The van der Waals surface area contributed by atoms with Crippen LogP contribution < -0.4 is 31.5 Å². The molecule has 3 rings (SSSR count). The Morgan fingerprint density at radius 3 is 1.66 bits per heavy atom. The molecular formula is C48H75N13O16. The lowest BCUT2D eigenvalue weighted by Gasteiger charge is -2.37. The molecular weight excluding hydrogens is 1010 g/mol. The normalized spacial score (nSPS) is 15.8. The van der Waals surface area contributed by atoms with Crippen LogP contribution in [0.4, 0.5) is 28.3 Å². The number of nitrogens with one attached hydrogen (secondary N) is 5. The fraction of sp³-hybridized carbons (Fsp3) is 0.625. The molecule has 2 heterocycles. The molecule has 1 aromatic heterocycles. The fourth-order valence-electron chi connectivity index (χ4n) is 8.25. The number of hydrogen-bond donors (Lipinski definition) is 12. The number of carbonyl (C=O) groups excluding carboxylic acids is 2. The minimum atomic E-state index is -1.51. The number of anilines is 4. The number of carboxylic acids is 7. The lowest BCUT2D eigenvalue weighted by molar-refractivity contribution is -0.142. The molecule has 0 bridgehead atoms. The van der Waals surface area contributed by atoms with Gasteiger partial charge in [-0.3, -0.25) is 48.4 Å². The summed E-state index contributed by atoms with van der Waals surface area (Å²) in [5.74, 6) is -7.55. The van der Waals surface area contributed by atoms with Crippen molar-refractivity contribution in [3.05, 3.63) is 29.8 Å². The van der Waals surface area contributed by atoms with Crippen molar-refractivity contribution >= 4 is 77.3 Å². The van der Waals surface area contributed by atoms with Crippen LogP contribution in [0.5, 0.6) is 0 Å². The molecule has 29 heteroatoms. The van der Waals surface area contributed by atoms with Gasteiger partial charge in [0.25, 0.3) is 0 Å². The Labute approximate surface area is 445 Å². The molecule has 3 atom stereocenters. The monoisotopic (exact) mass is 1090 g/mol. The van der Waals surface area contributed by atoms with E-state index in [4.69, 9.17) is 5.11 Å². The van der Waals surface area contributed by atoms with Crippen LogP contribution in [0.1, 0.15) is 76.2 Å². The molecule has 0 aliphatic carbocycles. The molecule has 1 aliphatic rings. The average Bonchev–Trinajstić information content (AvgIpc) is 3.34. The van der Waals surface area contributed by atoms with Crippen LogP contribution in [0.2, 0.25) is 0 Å². The van der Waals surface area contributed by atoms with Crippen LogP contribution in [0, 0.1) is 0 Å². The Balaban J connectivity index is 1.50. The number of unbranched alkanes of at least 4 members (excludes halogenated alkanes) is 5. The molecule has 0 spiro atoms. The Morgan fingerprint density at radius 2 is 1.09 bits per heavy atom. The van der Waals surface area contributed by atoms with E-state index >= 15 is 0 Å². The average molecular weight is 1090 g/mol. The number of aromatic nitrogens is 3. The number of aliphatic carboxylic acids is 7. The van der Waals surface area contributed by atoms with E-state index in [1.165, 1.54) is 0 Å². The predicted molar refractivity (Wildman–Crippen MR) is 277 cm³/mol. The van der Waals surface area contributed by atoms with Gasteiger partial charge in [-0.25, -0.2) is 14.4 Å². The highest BCUT2D eigenvalue weighted by atomic mass is 16.4. The standard InChI is InChI=1S/C48H75N13O16/c1-57(2)47-55-45(50-19-8-5-3-4-6-11-37(62)49-18-9-7-10-35(43(73)74)52-48(77)53-36(44(75)76)16-17-38(63)64)54-46(56-47)51-33-14-12-32(13-15-33)26-34-27-60(30-41(69)70)23-22-58(28-39(65)66)20-21-59(29-40(67)68)24-25-61(34)31-42(71)72/h12-15,34-36H,3-11,16-31H2,1-2H3,(H,49,62)(H,63,64)(H,65,66)(H,67,68)(H,69,70)(H,71,72)(H,73,74)(H,75,76)(H2,52,53,77)(H2,50,51,54,55,56). The number of carboxylic acid groups (broad SMARTS) is 7. The fourth-order valence-corrected chi connectivity index (χ4v) is 8.25. The van der Waals surface area contributed by atoms with Gasteiger partial charge in [-0.15, -0.1) is 0 Å². The molecule has 29 nitrogen and oxygen atoms in total. The van der Waals surface area contributed by atoms with E-state index in [1.807, 2.05) is 12.1 Å². The Kier molecular flexibility index (Phi) is 28.4. The molecule has 2 aromatic rings. The molecule has 3 unspecified atom stereocenters. The van der Waals surface area contributed by atoms with E-state index in [2.05, 4.69) is 41.5 Å². The smallest absolute Gasteiger partial charge is 0.326 e. The van der Waals surface area contributed by atoms with Gasteiger partial charge in [-0.1, -0.05) is 31.4 Å². The minimum Gasteiger partial charge on any atom is -0.481 e. The molecule has 428 valence electrons. The van der Waals surface area contributed by atoms with Gasteiger partial charge in [-0.05, 0) is 62.6 Å². The molecule has 0 radical (unpaired) electrons. The lowest BCUT2D eigenvalue weighted by atomic mass is 10.0. The Bertz CT molecular complexity index is 2260. The summed E-state index contributed by atoms with van der Waals surface area (Å²) in [4.78, 5) is 128. The van der Waals surface area contributed by atoms with Gasteiger partial charge in [0, 0.05) is 97.6 Å². The van der Waals surface area contributed by atoms with Crippen molar-refractivity contribution in [3.63, 3.8) is 0 Å². The number of urea groups is 1. The van der Waals surface area contributed by atoms with E-state index in [9.17, 15) is 73.8 Å². The number of nitrogens with zero attached hydrogens (tertiary/aromatic N) is 8. The lowest BCUT2D eigenvalue weighted by Crippen LogP contribution is -2.53. The summed E-state index contributed by atoms with van der Waals surface area (Å²) in [6.07, 6.45) is 4.55. The van der Waals surface area contributed by atoms with Crippen LogP contribution in [0.3, 0.4) is 0 Å². The highest BCUT2D eigenvalue weighted by Crippen LogP contribution is 2.20. The van der Waals surface area contributed by atoms with Gasteiger partial charge in [0.05, 0.1) is 26.2 Å². The molecule has 1 aromatic carbocycles. The number of hydrogen-bond acceptors (Lipinski definition) is 19. The summed E-state index contributed by atoms with van der Waals surface area (Å²) in [5, 5.41) is 79.9. The van der Waals surface area contributed by atoms with Crippen LogP contribution in [-0.4, -0.2) is 241 Å². The third kappa shape index (κ3) is 27.2. The second-order valence-corrected chi connectivity index (χ2v) is 18.8. The van der Waals surface area contributed by atoms with E-state index in [1.54, 1.807) is 50.7 Å². The Hall–Kier alpha value is -7.50. The topological polar surface area (TPSA) is 410 Å². The number of amides is 3. The largest absolute Gasteiger partial charge is 0.481 e. The van der Waals surface area contributed by atoms with Gasteiger partial charge in [0.2, 0.25) is 23.8 Å². The second-order valence-electron chi connectivity index (χ2n) is 18.8. The molecule has 12 N–H and O–H groups in total. The third-order valence-corrected chi connectivity index (χ3v) is 12.2. The molecule has 3 amide bonds. The summed E-state index contributed by atoms with van der Waals surface area (Å²) in [7, 11) is 3.58. The van der Waals surface area contributed by atoms with Gasteiger partial charge in [0.1, 0.15) is 12.1 Å². The van der Waals surface area contributed by atoms with Crippen molar-refractivity contribution < 1.29 is 78.9 Å². The van der Waals surface area contributed by atoms with Crippen molar-refractivity contribution in [1.82, 2.24) is 50.5 Å². The van der Waals surface area contributed by atoms with E-state index < -0.39 is 72.4 Å². The maximum Gasteiger partial charge on any atom is 0.326 e. The first kappa shape index (κ1) is 63.8. The molecule has 77 heavy (non-hydrogen) atoms. The first-order chi connectivity index (χ1) is 36.6. The molecule has 1 aliphatic heterocycles. The summed E-state index contributed by atoms with van der Waals surface area (Å²) < 4.78 is 0. The summed E-state index contributed by atoms with van der Waals surface area (Å²) in [5.41, 5.74) is 1.44. The van der Waals surface area contributed by atoms with Crippen molar-refractivity contribution in [3.8, 4) is 0 Å². The predicted octanol–water partition coefficient (Wildman–Crippen LogP) is 0.262. The first-order valence-corrected chi connectivity index (χ1v) is 25.4. The zero-order valence-corrected chi connectivity index (χ0v) is 43.6. The van der Waals surface area contributed by atoms with Crippen LogP contribution in [0.25, 0.3) is 0 Å². The maximum absolute atomic E-state index is 12.4. The zero-order chi connectivity index (χ0) is 56.9. The van der Waals surface area contributed by atoms with E-state index in [0.717, 1.165) is 31.2 Å². The van der Waals surface area contributed by atoms with E-state index in [0.29, 0.717) is 62.8 Å². The van der Waals surface area contributed by atoms with Crippen molar-refractivity contribution in [2.75, 3.05) is 115 Å². The van der Waals surface area contributed by atoms with Crippen molar-refractivity contribution in [2.45, 2.75) is 95.2 Å². The van der Waals surface area contributed by atoms with Crippen LogP contribution >= 0.6 is 0 Å². The second kappa shape index (κ2) is 34.2. The highest BCUT2D eigenvalue weighted by Gasteiger charge is 2.29. The van der Waals surface area contributed by atoms with Crippen LogP contribution in [-0.2, 0) is 44.8 Å². The summed E-state index contributed by atoms with van der Waals surface area (Å²) in [6.45, 7) is 0.679. The van der Waals surface area contributed by atoms with Crippen molar-refractivity contribution in [1.29, 1.82) is 0 Å². The zero-order valence-electron chi connectivity index (χ0n) is 43.6. The molecule has 1 saturated heterocycles. The van der Waals surface area contributed by atoms with E-state index in [-0.39, 0.29) is 96.7 Å². The summed E-state index contributed by atoms with van der Waals surface area (Å²) in [6, 6.07) is 2.89. The number of rotatable bonds is 34.